The fourth-order valence-electron chi connectivity index (χ4n) is 1.47. The van der Waals surface area contributed by atoms with Crippen molar-refractivity contribution in [3.8, 4) is 5.69 Å². The molecule has 0 atom stereocenters. The predicted octanol–water partition coefficient (Wildman–Crippen LogP) is 3.35. The van der Waals surface area contributed by atoms with Gasteiger partial charge >= 0.3 is 12.1 Å². The first-order chi connectivity index (χ1) is 8.79. The Morgan fingerprint density at radius 2 is 1.84 bits per heavy atom. The van der Waals surface area contributed by atoms with Gasteiger partial charge < -0.3 is 5.11 Å². The average Bonchev–Trinajstić information content (AvgIpc) is 2.74. The average molecular weight is 335 g/mol. The van der Waals surface area contributed by atoms with Crippen LogP contribution in [0.1, 0.15) is 16.2 Å². The zero-order valence-electron chi connectivity index (χ0n) is 9.15. The highest BCUT2D eigenvalue weighted by atomic mass is 79.9. The molecular formula is C11H6BrF3N2O2. The molecule has 1 aromatic carbocycles. The molecule has 1 aromatic heterocycles. The molecule has 2 aromatic rings. The van der Waals surface area contributed by atoms with Gasteiger partial charge in [0.25, 0.3) is 0 Å². The third-order valence-electron chi connectivity index (χ3n) is 2.29. The summed E-state index contributed by atoms with van der Waals surface area (Å²) >= 11 is 3.16. The van der Waals surface area contributed by atoms with Crippen molar-refractivity contribution in [1.29, 1.82) is 0 Å². The number of carboxylic acids is 1. The zero-order chi connectivity index (χ0) is 14.2. The lowest BCUT2D eigenvalue weighted by atomic mass is 10.3. The summed E-state index contributed by atoms with van der Waals surface area (Å²) in [5.74, 6) is -1.51. The largest absolute Gasteiger partial charge is 0.476 e. The highest BCUT2D eigenvalue weighted by molar-refractivity contribution is 9.10. The van der Waals surface area contributed by atoms with Gasteiger partial charge in [-0.25, -0.2) is 9.48 Å². The maximum absolute atomic E-state index is 12.8. The lowest BCUT2D eigenvalue weighted by Crippen LogP contribution is -2.13. The number of hydrogen-bond acceptors (Lipinski definition) is 2. The number of aromatic carboxylic acids is 1. The summed E-state index contributed by atoms with van der Waals surface area (Å²) in [6, 6.07) is 6.38. The monoisotopic (exact) mass is 334 g/mol. The maximum atomic E-state index is 12.8. The normalized spacial score (nSPS) is 11.6. The predicted molar refractivity (Wildman–Crippen MR) is 63.2 cm³/mol. The highest BCUT2D eigenvalue weighted by Crippen LogP contribution is 2.31. The summed E-state index contributed by atoms with van der Waals surface area (Å²) in [6.07, 6.45) is -4.69. The van der Waals surface area contributed by atoms with E-state index in [0.29, 0.717) is 15.2 Å². The van der Waals surface area contributed by atoms with Crippen LogP contribution in [0.2, 0.25) is 0 Å². The van der Waals surface area contributed by atoms with Crippen LogP contribution >= 0.6 is 15.9 Å². The second-order valence-electron chi connectivity index (χ2n) is 3.61. The van der Waals surface area contributed by atoms with Crippen molar-refractivity contribution in [2.75, 3.05) is 0 Å². The number of carboxylic acid groups (broad SMARTS) is 1. The molecule has 8 heteroatoms. The summed E-state index contributed by atoms with van der Waals surface area (Å²) < 4.78 is 39.7. The number of benzene rings is 1. The molecule has 0 radical (unpaired) electrons. The first-order valence-electron chi connectivity index (χ1n) is 4.95. The lowest BCUT2D eigenvalue weighted by molar-refractivity contribution is -0.142. The summed E-state index contributed by atoms with van der Waals surface area (Å²) in [4.78, 5) is 10.7. The first kappa shape index (κ1) is 13.6. The van der Waals surface area contributed by atoms with Gasteiger partial charge in [-0.1, -0.05) is 15.9 Å². The van der Waals surface area contributed by atoms with Crippen molar-refractivity contribution in [1.82, 2.24) is 9.78 Å². The number of carbonyl (C=O) groups is 1. The van der Waals surface area contributed by atoms with E-state index in [1.54, 1.807) is 0 Å². The van der Waals surface area contributed by atoms with E-state index in [4.69, 9.17) is 5.11 Å². The Kier molecular flexibility index (Phi) is 3.36. The number of nitrogens with zero attached hydrogens (tertiary/aromatic N) is 2. The third-order valence-corrected chi connectivity index (χ3v) is 2.82. The van der Waals surface area contributed by atoms with E-state index < -0.39 is 23.5 Å². The molecule has 100 valence electrons. The van der Waals surface area contributed by atoms with Crippen LogP contribution in [0.25, 0.3) is 5.69 Å². The number of aromatic nitrogens is 2. The molecule has 0 unspecified atom stereocenters. The molecule has 0 fully saturated rings. The summed E-state index contributed by atoms with van der Waals surface area (Å²) in [5.41, 5.74) is -1.66. The van der Waals surface area contributed by atoms with Gasteiger partial charge in [-0.05, 0) is 24.3 Å². The van der Waals surface area contributed by atoms with Crippen molar-refractivity contribution in [3.63, 3.8) is 0 Å². The van der Waals surface area contributed by atoms with Crippen LogP contribution in [0, 0.1) is 0 Å². The van der Waals surface area contributed by atoms with Gasteiger partial charge in [0.15, 0.2) is 5.69 Å². The van der Waals surface area contributed by atoms with Gasteiger partial charge in [0.05, 0.1) is 5.69 Å². The molecule has 1 heterocycles. The van der Waals surface area contributed by atoms with Crippen molar-refractivity contribution in [3.05, 3.63) is 46.2 Å². The van der Waals surface area contributed by atoms with Gasteiger partial charge in [0.2, 0.25) is 0 Å². The van der Waals surface area contributed by atoms with Gasteiger partial charge in [0, 0.05) is 10.5 Å². The second kappa shape index (κ2) is 4.69. The molecule has 0 aliphatic carbocycles. The Bertz CT molecular complexity index is 620. The molecule has 0 aliphatic heterocycles. The minimum atomic E-state index is -4.69. The number of rotatable bonds is 2. The molecule has 0 spiro atoms. The van der Waals surface area contributed by atoms with E-state index in [1.165, 1.54) is 24.3 Å². The van der Waals surface area contributed by atoms with Gasteiger partial charge in [0.1, 0.15) is 5.69 Å². The molecule has 0 bridgehead atoms. The molecule has 19 heavy (non-hydrogen) atoms. The second-order valence-corrected chi connectivity index (χ2v) is 4.52. The number of alkyl halides is 3. The van der Waals surface area contributed by atoms with E-state index in [9.17, 15) is 18.0 Å². The minimum absolute atomic E-state index is 0.128. The van der Waals surface area contributed by atoms with Crippen molar-refractivity contribution in [2.45, 2.75) is 6.18 Å². The zero-order valence-corrected chi connectivity index (χ0v) is 10.7. The van der Waals surface area contributed by atoms with Crippen molar-refractivity contribution < 1.29 is 23.1 Å². The van der Waals surface area contributed by atoms with E-state index in [-0.39, 0.29) is 5.69 Å². The van der Waals surface area contributed by atoms with Crippen LogP contribution in [0.15, 0.2) is 34.8 Å². The minimum Gasteiger partial charge on any atom is -0.476 e. The van der Waals surface area contributed by atoms with E-state index in [1.807, 2.05) is 0 Å². The fraction of sp³-hybridized carbons (Fsp3) is 0.0909. The van der Waals surface area contributed by atoms with Gasteiger partial charge in [-0.2, -0.15) is 18.3 Å². The van der Waals surface area contributed by atoms with E-state index in [2.05, 4.69) is 21.0 Å². The Morgan fingerprint density at radius 1 is 1.26 bits per heavy atom. The third kappa shape index (κ3) is 2.78. The van der Waals surface area contributed by atoms with Gasteiger partial charge in [-0.3, -0.25) is 0 Å². The Balaban J connectivity index is 2.61. The summed E-state index contributed by atoms with van der Waals surface area (Å²) in [6.45, 7) is 0. The molecule has 4 nitrogen and oxygen atoms in total. The van der Waals surface area contributed by atoms with Crippen LogP contribution in [-0.2, 0) is 6.18 Å². The fourth-order valence-corrected chi connectivity index (χ4v) is 1.73. The highest BCUT2D eigenvalue weighted by Gasteiger charge is 2.37. The molecule has 0 saturated heterocycles. The molecule has 0 saturated carbocycles. The first-order valence-corrected chi connectivity index (χ1v) is 5.75. The van der Waals surface area contributed by atoms with Crippen LogP contribution in [-0.4, -0.2) is 20.9 Å². The lowest BCUT2D eigenvalue weighted by Gasteiger charge is -2.09. The molecule has 0 amide bonds. The Hall–Kier alpha value is -1.83. The van der Waals surface area contributed by atoms with E-state index >= 15 is 0 Å². The van der Waals surface area contributed by atoms with Crippen molar-refractivity contribution >= 4 is 21.9 Å². The SMILES string of the molecule is O=C(O)c1cc(C(F)(F)F)n(-c2ccc(Br)cc2)n1. The Labute approximate surface area is 113 Å². The molecule has 2 rings (SSSR count). The van der Waals surface area contributed by atoms with Gasteiger partial charge in [-0.15, -0.1) is 0 Å². The molecule has 1 N–H and O–H groups in total. The number of hydrogen-bond donors (Lipinski definition) is 1. The quantitative estimate of drug-likeness (QED) is 0.916. The van der Waals surface area contributed by atoms with Crippen LogP contribution < -0.4 is 0 Å². The molecular weight excluding hydrogens is 329 g/mol. The summed E-state index contributed by atoms with van der Waals surface area (Å²) in [7, 11) is 0. The number of halogens is 4. The van der Waals surface area contributed by atoms with Crippen LogP contribution in [0.3, 0.4) is 0 Å². The van der Waals surface area contributed by atoms with Crippen molar-refractivity contribution in [2.24, 2.45) is 0 Å². The topological polar surface area (TPSA) is 55.1 Å². The standard InChI is InChI=1S/C11H6BrF3N2O2/c12-6-1-3-7(4-2-6)17-9(11(13,14)15)5-8(16-17)10(18)19/h1-5H,(H,18,19). The Morgan fingerprint density at radius 3 is 2.32 bits per heavy atom. The maximum Gasteiger partial charge on any atom is 0.433 e. The van der Waals surface area contributed by atoms with Crippen LogP contribution in [0.5, 0.6) is 0 Å². The van der Waals surface area contributed by atoms with Crippen LogP contribution in [0.4, 0.5) is 13.2 Å². The smallest absolute Gasteiger partial charge is 0.433 e. The van der Waals surface area contributed by atoms with E-state index in [0.717, 1.165) is 0 Å². The summed E-state index contributed by atoms with van der Waals surface area (Å²) in [5, 5.41) is 12.2. The molecule has 0 aliphatic rings.